The van der Waals surface area contributed by atoms with Crippen LogP contribution in [0.4, 0.5) is 31.1 Å². The number of carboxylic acids is 2. The summed E-state index contributed by atoms with van der Waals surface area (Å²) in [4.78, 5) is 30.3. The lowest BCUT2D eigenvalue weighted by Gasteiger charge is -2.18. The normalized spacial score (nSPS) is 15.2. The number of amides is 1. The molecule has 5 N–H and O–H groups in total. The van der Waals surface area contributed by atoms with Gasteiger partial charge in [0.2, 0.25) is 0 Å². The van der Waals surface area contributed by atoms with E-state index in [9.17, 15) is 31.1 Å². The Morgan fingerprint density at radius 1 is 0.963 bits per heavy atom. The van der Waals surface area contributed by atoms with Crippen LogP contribution in [0, 0.1) is 0 Å². The van der Waals surface area contributed by atoms with Gasteiger partial charge in [-0.25, -0.2) is 14.4 Å². The Labute approximate surface area is 149 Å². The molecule has 0 aromatic heterocycles. The molecule has 1 aliphatic rings. The third kappa shape index (κ3) is 18.3. The van der Waals surface area contributed by atoms with Crippen LogP contribution in [0.5, 0.6) is 0 Å². The van der Waals surface area contributed by atoms with E-state index >= 15 is 0 Å². The van der Waals surface area contributed by atoms with Crippen molar-refractivity contribution in [1.82, 2.24) is 10.2 Å². The number of nitrogens with one attached hydrogen (secondary N) is 1. The molecule has 1 rings (SSSR count). The molecule has 1 amide bonds. The largest absolute Gasteiger partial charge is 0.490 e. The van der Waals surface area contributed by atoms with Crippen LogP contribution in [0.1, 0.15) is 6.42 Å². The van der Waals surface area contributed by atoms with Gasteiger partial charge in [0, 0.05) is 19.6 Å². The molecule has 160 valence electrons. The number of rotatable bonds is 3. The Morgan fingerprint density at radius 2 is 1.41 bits per heavy atom. The van der Waals surface area contributed by atoms with Crippen LogP contribution < -0.4 is 11.1 Å². The van der Waals surface area contributed by atoms with Crippen LogP contribution in [0.15, 0.2) is 0 Å². The summed E-state index contributed by atoms with van der Waals surface area (Å²) in [6.45, 7) is 5.35. The molecule has 0 aromatic rings. The van der Waals surface area contributed by atoms with Gasteiger partial charge in [0.15, 0.2) is 0 Å². The van der Waals surface area contributed by atoms with Crippen molar-refractivity contribution < 1.29 is 55.7 Å². The van der Waals surface area contributed by atoms with Crippen LogP contribution in [-0.4, -0.2) is 84.8 Å². The average Bonchev–Trinajstić information content (AvgIpc) is 2.75. The van der Waals surface area contributed by atoms with E-state index in [1.165, 1.54) is 0 Å². The fourth-order valence-electron chi connectivity index (χ4n) is 1.40. The van der Waals surface area contributed by atoms with Crippen LogP contribution in [0.3, 0.4) is 0 Å². The molecule has 1 aliphatic heterocycles. The SMILES string of the molecule is NC(=O)OCCN1CCCNCC1.O=C(O)C(F)(F)F.O=C(O)C(F)(F)F. The molecule has 1 heterocycles. The van der Waals surface area contributed by atoms with E-state index in [1.54, 1.807) is 0 Å². The molecular formula is C12H19F6N3O6. The highest BCUT2D eigenvalue weighted by atomic mass is 19.4. The standard InChI is InChI=1S/C8H17N3O2.2C2HF3O2/c9-8(12)13-7-6-11-4-1-2-10-3-5-11;2*3-2(4,5)1(6)7/h10H,1-7H2,(H2,9,12);2*(H,6,7). The molecule has 0 saturated carbocycles. The van der Waals surface area contributed by atoms with Gasteiger partial charge in [0.05, 0.1) is 0 Å². The second-order valence-electron chi connectivity index (χ2n) is 4.72. The summed E-state index contributed by atoms with van der Waals surface area (Å²) in [5.74, 6) is -5.51. The lowest BCUT2D eigenvalue weighted by atomic mass is 10.4. The van der Waals surface area contributed by atoms with E-state index in [-0.39, 0.29) is 0 Å². The molecule has 27 heavy (non-hydrogen) atoms. The maximum atomic E-state index is 10.6. The Morgan fingerprint density at radius 3 is 1.78 bits per heavy atom. The fourth-order valence-corrected chi connectivity index (χ4v) is 1.40. The first-order chi connectivity index (χ1) is 12.2. The van der Waals surface area contributed by atoms with Crippen molar-refractivity contribution in [1.29, 1.82) is 0 Å². The Hall–Kier alpha value is -2.29. The van der Waals surface area contributed by atoms with Crippen molar-refractivity contribution in [3.8, 4) is 0 Å². The molecule has 1 fully saturated rings. The van der Waals surface area contributed by atoms with Crippen molar-refractivity contribution in [3.05, 3.63) is 0 Å². The number of primary amides is 1. The first-order valence-corrected chi connectivity index (χ1v) is 7.13. The number of halogens is 6. The lowest BCUT2D eigenvalue weighted by molar-refractivity contribution is -0.193. The van der Waals surface area contributed by atoms with Gasteiger partial charge in [-0.2, -0.15) is 26.3 Å². The number of nitrogens with two attached hydrogens (primary N) is 1. The summed E-state index contributed by atoms with van der Waals surface area (Å²) < 4.78 is 68.1. The van der Waals surface area contributed by atoms with E-state index in [2.05, 4.69) is 15.0 Å². The minimum Gasteiger partial charge on any atom is -0.475 e. The number of ether oxygens (including phenoxy) is 1. The molecule has 0 radical (unpaired) electrons. The van der Waals surface area contributed by atoms with Gasteiger partial charge in [0.1, 0.15) is 6.61 Å². The van der Waals surface area contributed by atoms with Gasteiger partial charge >= 0.3 is 30.4 Å². The van der Waals surface area contributed by atoms with Crippen molar-refractivity contribution in [3.63, 3.8) is 0 Å². The molecule has 0 atom stereocenters. The number of carbonyl (C=O) groups excluding carboxylic acids is 1. The number of carboxylic acid groups (broad SMARTS) is 2. The molecule has 0 unspecified atom stereocenters. The van der Waals surface area contributed by atoms with Gasteiger partial charge in [-0.15, -0.1) is 0 Å². The quantitative estimate of drug-likeness (QED) is 0.492. The average molecular weight is 415 g/mol. The highest BCUT2D eigenvalue weighted by Gasteiger charge is 2.38. The van der Waals surface area contributed by atoms with Gasteiger partial charge in [-0.05, 0) is 19.5 Å². The molecule has 1 saturated heterocycles. The molecular weight excluding hydrogens is 396 g/mol. The summed E-state index contributed by atoms with van der Waals surface area (Å²) >= 11 is 0. The Bertz CT molecular complexity index is 440. The maximum absolute atomic E-state index is 10.6. The first-order valence-electron chi connectivity index (χ1n) is 7.13. The van der Waals surface area contributed by atoms with E-state index in [0.717, 1.165) is 39.1 Å². The number of carbonyl (C=O) groups is 3. The second kappa shape index (κ2) is 13.0. The fraction of sp³-hybridized carbons (Fsp3) is 0.750. The highest BCUT2D eigenvalue weighted by molar-refractivity contribution is 5.73. The van der Waals surface area contributed by atoms with E-state index < -0.39 is 30.4 Å². The molecule has 0 aromatic carbocycles. The Kier molecular flexibility index (Phi) is 12.9. The Balaban J connectivity index is 0. The maximum Gasteiger partial charge on any atom is 0.490 e. The predicted octanol–water partition coefficient (Wildman–Crippen LogP) is 0.644. The molecule has 0 bridgehead atoms. The zero-order chi connectivity index (χ0) is 21.7. The van der Waals surface area contributed by atoms with Gasteiger partial charge < -0.3 is 26.0 Å². The summed E-state index contributed by atoms with van der Waals surface area (Å²) in [5.41, 5.74) is 4.85. The molecule has 0 aliphatic carbocycles. The van der Waals surface area contributed by atoms with E-state index in [1.807, 2.05) is 0 Å². The van der Waals surface area contributed by atoms with Crippen LogP contribution in [-0.2, 0) is 14.3 Å². The minimum absolute atomic E-state index is 0.398. The smallest absolute Gasteiger partial charge is 0.475 e. The summed E-state index contributed by atoms with van der Waals surface area (Å²) in [5, 5.41) is 17.6. The number of nitrogens with zero attached hydrogens (tertiary/aromatic N) is 1. The van der Waals surface area contributed by atoms with Crippen molar-refractivity contribution in [2.24, 2.45) is 5.73 Å². The number of hydrogen-bond donors (Lipinski definition) is 4. The third-order valence-electron chi connectivity index (χ3n) is 2.57. The van der Waals surface area contributed by atoms with Crippen molar-refractivity contribution >= 4 is 18.0 Å². The lowest BCUT2D eigenvalue weighted by Crippen LogP contribution is -2.32. The van der Waals surface area contributed by atoms with E-state index in [4.69, 9.17) is 25.5 Å². The third-order valence-corrected chi connectivity index (χ3v) is 2.57. The zero-order valence-electron chi connectivity index (χ0n) is 13.8. The van der Waals surface area contributed by atoms with Crippen molar-refractivity contribution in [2.45, 2.75) is 18.8 Å². The number of alkyl halides is 6. The number of hydrogen-bond acceptors (Lipinski definition) is 6. The zero-order valence-corrected chi connectivity index (χ0v) is 13.8. The summed E-state index contributed by atoms with van der Waals surface area (Å²) in [6.07, 6.45) is -9.70. The summed E-state index contributed by atoms with van der Waals surface area (Å²) in [6, 6.07) is 0. The van der Waals surface area contributed by atoms with Crippen LogP contribution in [0.25, 0.3) is 0 Å². The highest BCUT2D eigenvalue weighted by Crippen LogP contribution is 2.13. The van der Waals surface area contributed by atoms with Gasteiger partial charge in [-0.3, -0.25) is 4.90 Å². The molecule has 15 heteroatoms. The second-order valence-corrected chi connectivity index (χ2v) is 4.72. The monoisotopic (exact) mass is 415 g/mol. The van der Waals surface area contributed by atoms with Crippen LogP contribution in [0.2, 0.25) is 0 Å². The minimum atomic E-state index is -5.08. The predicted molar refractivity (Wildman–Crippen MR) is 76.8 cm³/mol. The molecule has 9 nitrogen and oxygen atoms in total. The van der Waals surface area contributed by atoms with Gasteiger partial charge in [0.25, 0.3) is 0 Å². The molecule has 0 spiro atoms. The van der Waals surface area contributed by atoms with Crippen LogP contribution >= 0.6 is 0 Å². The summed E-state index contributed by atoms with van der Waals surface area (Å²) in [7, 11) is 0. The van der Waals surface area contributed by atoms with E-state index in [0.29, 0.717) is 6.61 Å². The topological polar surface area (TPSA) is 142 Å². The van der Waals surface area contributed by atoms with Gasteiger partial charge in [-0.1, -0.05) is 0 Å². The number of aliphatic carboxylic acids is 2. The van der Waals surface area contributed by atoms with Crippen molar-refractivity contribution in [2.75, 3.05) is 39.3 Å². The first kappa shape index (κ1) is 26.9.